The molecule has 0 saturated carbocycles. The molecule has 1 N–H and O–H groups in total. The summed E-state index contributed by atoms with van der Waals surface area (Å²) >= 11 is 1.43. The van der Waals surface area contributed by atoms with Gasteiger partial charge in [0.05, 0.1) is 30.0 Å². The van der Waals surface area contributed by atoms with Gasteiger partial charge in [-0.15, -0.1) is 11.3 Å². The van der Waals surface area contributed by atoms with Crippen molar-refractivity contribution in [3.8, 4) is 22.1 Å². The maximum Gasteiger partial charge on any atom is 0.204 e. The Morgan fingerprint density at radius 1 is 1.29 bits per heavy atom. The summed E-state index contributed by atoms with van der Waals surface area (Å²) in [6.45, 7) is 0. The van der Waals surface area contributed by atoms with Crippen molar-refractivity contribution < 1.29 is 19.1 Å². The van der Waals surface area contributed by atoms with Crippen LogP contribution in [0.25, 0.3) is 21.6 Å². The normalized spacial score (nSPS) is 11.8. The summed E-state index contributed by atoms with van der Waals surface area (Å²) in [5, 5.41) is 13.6. The predicted molar refractivity (Wildman–Crippen MR) is 77.8 cm³/mol. The molecule has 0 saturated heterocycles. The Kier molecular flexibility index (Phi) is 3.49. The van der Waals surface area contributed by atoms with E-state index in [2.05, 4.69) is 10.1 Å². The highest BCUT2D eigenvalue weighted by Crippen LogP contribution is 2.36. The van der Waals surface area contributed by atoms with E-state index in [-0.39, 0.29) is 0 Å². The van der Waals surface area contributed by atoms with Crippen molar-refractivity contribution in [2.75, 3.05) is 14.2 Å². The van der Waals surface area contributed by atoms with Gasteiger partial charge in [-0.05, 0) is 12.1 Å². The zero-order valence-corrected chi connectivity index (χ0v) is 12.2. The molecular weight excluding hydrogens is 292 g/mol. The van der Waals surface area contributed by atoms with Gasteiger partial charge in [-0.1, -0.05) is 5.16 Å². The summed E-state index contributed by atoms with van der Waals surface area (Å²) in [6, 6.07) is 5.14. The molecule has 0 aliphatic heterocycles. The van der Waals surface area contributed by atoms with Crippen molar-refractivity contribution in [1.82, 2.24) is 4.98 Å². The molecule has 0 spiro atoms. The third-order valence-electron chi connectivity index (χ3n) is 3.04. The first-order valence-electron chi connectivity index (χ1n) is 6.04. The topological polar surface area (TPSA) is 77.1 Å². The average Bonchev–Trinajstić information content (AvgIpc) is 3.06. The number of aromatic nitrogens is 1. The lowest BCUT2D eigenvalue weighted by molar-refractivity contribution is 0.302. The van der Waals surface area contributed by atoms with Crippen molar-refractivity contribution >= 4 is 22.3 Å². The first-order chi connectivity index (χ1) is 10.3. The van der Waals surface area contributed by atoms with Crippen LogP contribution in [0.3, 0.4) is 0 Å². The van der Waals surface area contributed by atoms with E-state index in [1.807, 2.05) is 0 Å². The molecule has 7 heteroatoms. The molecule has 0 aliphatic rings. The summed E-state index contributed by atoms with van der Waals surface area (Å²) in [4.78, 5) is 4.85. The summed E-state index contributed by atoms with van der Waals surface area (Å²) in [5.74, 6) is 1.54. The molecule has 3 rings (SSSR count). The number of rotatable bonds is 3. The monoisotopic (exact) mass is 304 g/mol. The second-order valence-electron chi connectivity index (χ2n) is 4.14. The third-order valence-corrected chi connectivity index (χ3v) is 3.83. The van der Waals surface area contributed by atoms with Gasteiger partial charge in [0.15, 0.2) is 11.3 Å². The van der Waals surface area contributed by atoms with Gasteiger partial charge in [0.2, 0.25) is 5.75 Å². The van der Waals surface area contributed by atoms with Crippen molar-refractivity contribution in [3.05, 3.63) is 35.3 Å². The van der Waals surface area contributed by atoms with Crippen LogP contribution in [0.5, 0.6) is 11.5 Å². The maximum atomic E-state index is 9.25. The molecular formula is C14H12N2O4S. The Morgan fingerprint density at radius 3 is 2.76 bits per heavy atom. The number of methoxy groups -OCH3 is 2. The van der Waals surface area contributed by atoms with Gasteiger partial charge in [0.25, 0.3) is 0 Å². The van der Waals surface area contributed by atoms with E-state index >= 15 is 0 Å². The molecule has 6 nitrogen and oxygen atoms in total. The fourth-order valence-electron chi connectivity index (χ4n) is 2.08. The number of nitrogens with zero attached hydrogens (tertiary/aromatic N) is 2. The van der Waals surface area contributed by atoms with E-state index in [0.717, 1.165) is 4.88 Å². The van der Waals surface area contributed by atoms with Gasteiger partial charge in [-0.2, -0.15) is 0 Å². The van der Waals surface area contributed by atoms with Gasteiger partial charge < -0.3 is 19.1 Å². The zero-order chi connectivity index (χ0) is 14.8. The molecule has 0 unspecified atom stereocenters. The number of hydrogen-bond acceptors (Lipinski definition) is 7. The number of thiazole rings is 1. The molecule has 0 amide bonds. The number of hydrogen-bond donors (Lipinski definition) is 1. The number of fused-ring (bicyclic) bond motifs is 1. The zero-order valence-electron chi connectivity index (χ0n) is 11.4. The second kappa shape index (κ2) is 5.45. The number of ether oxygens (including phenoxy) is 2. The standard InChI is InChI=1S/C14H12N2O4S/c1-18-10-4-3-8-9(16-17)5-11(12-6-15-7-21-12)20-13(8)14(10)19-2/h3-7,17H,1-2H3. The molecule has 21 heavy (non-hydrogen) atoms. The fourth-order valence-corrected chi connectivity index (χ4v) is 2.66. The first-order valence-corrected chi connectivity index (χ1v) is 6.92. The Balaban J connectivity index is 2.40. The minimum absolute atomic E-state index is 0.389. The maximum absolute atomic E-state index is 9.25. The lowest BCUT2D eigenvalue weighted by atomic mass is 10.2. The predicted octanol–water partition coefficient (Wildman–Crippen LogP) is 2.86. The molecule has 3 aromatic rings. The van der Waals surface area contributed by atoms with E-state index in [9.17, 15) is 5.21 Å². The SMILES string of the molecule is COc1ccc2c(=NO)cc(-c3cncs3)oc2c1OC. The van der Waals surface area contributed by atoms with E-state index in [1.54, 1.807) is 37.0 Å². The molecule has 0 fully saturated rings. The smallest absolute Gasteiger partial charge is 0.204 e. The van der Waals surface area contributed by atoms with Gasteiger partial charge in [0, 0.05) is 12.3 Å². The van der Waals surface area contributed by atoms with E-state index < -0.39 is 0 Å². The largest absolute Gasteiger partial charge is 0.493 e. The highest BCUT2D eigenvalue weighted by molar-refractivity contribution is 7.13. The van der Waals surface area contributed by atoms with Crippen molar-refractivity contribution in [2.45, 2.75) is 0 Å². The summed E-state index contributed by atoms with van der Waals surface area (Å²) in [6.07, 6.45) is 1.68. The molecule has 1 aromatic carbocycles. The summed E-state index contributed by atoms with van der Waals surface area (Å²) < 4.78 is 16.5. The van der Waals surface area contributed by atoms with E-state index in [0.29, 0.717) is 33.6 Å². The Hall–Kier alpha value is -2.54. The minimum Gasteiger partial charge on any atom is -0.493 e. The third kappa shape index (κ3) is 2.21. The molecule has 0 bridgehead atoms. The van der Waals surface area contributed by atoms with Crippen LogP contribution < -0.4 is 14.8 Å². The van der Waals surface area contributed by atoms with Crippen LogP contribution in [0.1, 0.15) is 0 Å². The van der Waals surface area contributed by atoms with Crippen molar-refractivity contribution in [3.63, 3.8) is 0 Å². The molecule has 108 valence electrons. The highest BCUT2D eigenvalue weighted by atomic mass is 32.1. The van der Waals surface area contributed by atoms with Gasteiger partial charge in [-0.25, -0.2) is 0 Å². The molecule has 2 aromatic heterocycles. The molecule has 0 aliphatic carbocycles. The van der Waals surface area contributed by atoms with Gasteiger partial charge >= 0.3 is 0 Å². The first kappa shape index (κ1) is 13.4. The Morgan fingerprint density at radius 2 is 2.14 bits per heavy atom. The van der Waals surface area contributed by atoms with Crippen LogP contribution in [0, 0.1) is 0 Å². The van der Waals surface area contributed by atoms with E-state index in [4.69, 9.17) is 13.9 Å². The van der Waals surface area contributed by atoms with Gasteiger partial charge in [-0.3, -0.25) is 4.98 Å². The van der Waals surface area contributed by atoms with Crippen molar-refractivity contribution in [2.24, 2.45) is 5.16 Å². The summed E-state index contributed by atoms with van der Waals surface area (Å²) in [5.41, 5.74) is 2.16. The summed E-state index contributed by atoms with van der Waals surface area (Å²) in [7, 11) is 3.08. The Bertz CT molecular complexity index is 840. The molecule has 0 radical (unpaired) electrons. The second-order valence-corrected chi connectivity index (χ2v) is 5.03. The van der Waals surface area contributed by atoms with Crippen molar-refractivity contribution in [1.29, 1.82) is 0 Å². The van der Waals surface area contributed by atoms with Crippen LogP contribution in [0.4, 0.5) is 0 Å². The van der Waals surface area contributed by atoms with Crippen LogP contribution in [0.15, 0.2) is 39.5 Å². The lowest BCUT2D eigenvalue weighted by Crippen LogP contribution is -2.04. The lowest BCUT2D eigenvalue weighted by Gasteiger charge is -2.10. The highest BCUT2D eigenvalue weighted by Gasteiger charge is 2.15. The molecule has 2 heterocycles. The van der Waals surface area contributed by atoms with Crippen LogP contribution in [-0.2, 0) is 0 Å². The van der Waals surface area contributed by atoms with Crippen LogP contribution >= 0.6 is 11.3 Å². The van der Waals surface area contributed by atoms with Gasteiger partial charge in [0.1, 0.15) is 11.1 Å². The minimum atomic E-state index is 0.389. The molecule has 0 atom stereocenters. The Labute approximate surface area is 123 Å². The fraction of sp³-hybridized carbons (Fsp3) is 0.143. The number of benzene rings is 1. The van der Waals surface area contributed by atoms with Crippen LogP contribution in [0.2, 0.25) is 0 Å². The average molecular weight is 304 g/mol. The quantitative estimate of drug-likeness (QED) is 0.594. The van der Waals surface area contributed by atoms with Crippen LogP contribution in [-0.4, -0.2) is 24.4 Å². The van der Waals surface area contributed by atoms with E-state index in [1.165, 1.54) is 18.4 Å².